The van der Waals surface area contributed by atoms with Crippen molar-refractivity contribution in [2.24, 2.45) is 5.92 Å². The molecule has 3 saturated heterocycles. The van der Waals surface area contributed by atoms with Crippen molar-refractivity contribution in [3.8, 4) is 0 Å². The highest BCUT2D eigenvalue weighted by Gasteiger charge is 2.41. The summed E-state index contributed by atoms with van der Waals surface area (Å²) < 4.78 is 0. The normalized spacial score (nSPS) is 43.0. The zero-order valence-corrected chi connectivity index (χ0v) is 7.42. The van der Waals surface area contributed by atoms with Gasteiger partial charge in [0.2, 0.25) is 0 Å². The second kappa shape index (κ2) is 2.69. The third-order valence-electron chi connectivity index (χ3n) is 3.72. The lowest BCUT2D eigenvalue weighted by atomic mass is 10.0. The van der Waals surface area contributed by atoms with Crippen molar-refractivity contribution in [3.05, 3.63) is 0 Å². The number of hydrogen-bond acceptors (Lipinski definition) is 3. The van der Waals surface area contributed by atoms with Gasteiger partial charge in [0.15, 0.2) is 0 Å². The Kier molecular flexibility index (Phi) is 1.63. The number of nitrogens with one attached hydrogen (secondary N) is 2. The lowest BCUT2D eigenvalue weighted by molar-refractivity contribution is 0.132. The number of hydrogen-bond donors (Lipinski definition) is 2. The maximum atomic E-state index is 3.50. The first-order valence-electron chi connectivity index (χ1n) is 5.12. The van der Waals surface area contributed by atoms with Gasteiger partial charge in [0, 0.05) is 31.7 Å². The SMILES string of the molecule is C1NCC1N1CC[C@H]2CNC[C@H]21. The van der Waals surface area contributed by atoms with Gasteiger partial charge in [-0.3, -0.25) is 4.90 Å². The van der Waals surface area contributed by atoms with Crippen LogP contribution in [-0.2, 0) is 0 Å². The van der Waals surface area contributed by atoms with Gasteiger partial charge in [0.05, 0.1) is 0 Å². The molecule has 0 aliphatic carbocycles. The predicted octanol–water partition coefficient (Wildman–Crippen LogP) is -0.748. The number of likely N-dealkylation sites (tertiary alicyclic amines) is 1. The summed E-state index contributed by atoms with van der Waals surface area (Å²) in [4.78, 5) is 2.72. The monoisotopic (exact) mass is 167 g/mol. The summed E-state index contributed by atoms with van der Waals surface area (Å²) in [6, 6.07) is 1.73. The summed E-state index contributed by atoms with van der Waals surface area (Å²) in [6.45, 7) is 6.30. The quantitative estimate of drug-likeness (QED) is 0.538. The molecular formula is C9H17N3. The molecule has 0 aromatic carbocycles. The molecule has 0 bridgehead atoms. The van der Waals surface area contributed by atoms with E-state index in [-0.39, 0.29) is 0 Å². The topological polar surface area (TPSA) is 27.3 Å². The molecule has 0 aromatic rings. The Hall–Kier alpha value is -0.120. The van der Waals surface area contributed by atoms with E-state index in [4.69, 9.17) is 0 Å². The molecule has 3 aliphatic rings. The average molecular weight is 167 g/mol. The predicted molar refractivity (Wildman–Crippen MR) is 48.1 cm³/mol. The summed E-state index contributed by atoms with van der Waals surface area (Å²) >= 11 is 0. The van der Waals surface area contributed by atoms with E-state index in [9.17, 15) is 0 Å². The van der Waals surface area contributed by atoms with Crippen LogP contribution in [0, 0.1) is 5.92 Å². The van der Waals surface area contributed by atoms with Gasteiger partial charge in [-0.05, 0) is 25.4 Å². The van der Waals surface area contributed by atoms with Gasteiger partial charge >= 0.3 is 0 Å². The molecule has 3 heterocycles. The van der Waals surface area contributed by atoms with Crippen molar-refractivity contribution in [3.63, 3.8) is 0 Å². The van der Waals surface area contributed by atoms with E-state index < -0.39 is 0 Å². The summed E-state index contributed by atoms with van der Waals surface area (Å²) in [5.41, 5.74) is 0. The van der Waals surface area contributed by atoms with E-state index in [1.807, 2.05) is 0 Å². The Morgan fingerprint density at radius 3 is 2.58 bits per heavy atom. The first-order valence-corrected chi connectivity index (χ1v) is 5.12. The number of fused-ring (bicyclic) bond motifs is 1. The molecule has 68 valence electrons. The van der Waals surface area contributed by atoms with Gasteiger partial charge in [0.1, 0.15) is 0 Å². The van der Waals surface area contributed by atoms with Crippen LogP contribution in [0.3, 0.4) is 0 Å². The average Bonchev–Trinajstić information content (AvgIpc) is 2.48. The van der Waals surface area contributed by atoms with Gasteiger partial charge in [-0.15, -0.1) is 0 Å². The van der Waals surface area contributed by atoms with Crippen LogP contribution in [0.25, 0.3) is 0 Å². The van der Waals surface area contributed by atoms with E-state index in [0.717, 1.165) is 18.0 Å². The maximum absolute atomic E-state index is 3.50. The van der Waals surface area contributed by atoms with Gasteiger partial charge < -0.3 is 10.6 Å². The minimum absolute atomic E-state index is 0.861. The molecule has 12 heavy (non-hydrogen) atoms. The molecule has 0 amide bonds. The summed E-state index contributed by atoms with van der Waals surface area (Å²) in [5.74, 6) is 0.964. The fraction of sp³-hybridized carbons (Fsp3) is 1.00. The van der Waals surface area contributed by atoms with E-state index in [2.05, 4.69) is 15.5 Å². The van der Waals surface area contributed by atoms with Crippen LogP contribution in [0.4, 0.5) is 0 Å². The third kappa shape index (κ3) is 0.934. The molecule has 0 spiro atoms. The van der Waals surface area contributed by atoms with Crippen molar-refractivity contribution in [1.82, 2.24) is 15.5 Å². The Bertz CT molecular complexity index is 179. The van der Waals surface area contributed by atoms with Crippen LogP contribution in [0.1, 0.15) is 6.42 Å². The minimum Gasteiger partial charge on any atom is -0.315 e. The second-order valence-corrected chi connectivity index (χ2v) is 4.32. The van der Waals surface area contributed by atoms with E-state index in [0.29, 0.717) is 0 Å². The molecule has 2 atom stereocenters. The molecule has 0 saturated carbocycles. The second-order valence-electron chi connectivity index (χ2n) is 4.32. The highest BCUT2D eigenvalue weighted by Crippen LogP contribution is 2.29. The maximum Gasteiger partial charge on any atom is 0.0348 e. The fourth-order valence-corrected chi connectivity index (χ4v) is 2.84. The first kappa shape index (κ1) is 7.30. The molecule has 0 radical (unpaired) electrons. The highest BCUT2D eigenvalue weighted by atomic mass is 15.3. The van der Waals surface area contributed by atoms with Gasteiger partial charge in [-0.25, -0.2) is 0 Å². The van der Waals surface area contributed by atoms with Crippen LogP contribution >= 0.6 is 0 Å². The fourth-order valence-electron chi connectivity index (χ4n) is 2.84. The minimum atomic E-state index is 0.861. The van der Waals surface area contributed by atoms with Crippen molar-refractivity contribution >= 4 is 0 Å². The summed E-state index contributed by atoms with van der Waals surface area (Å²) in [6.07, 6.45) is 1.42. The van der Waals surface area contributed by atoms with E-state index >= 15 is 0 Å². The molecule has 3 aliphatic heterocycles. The highest BCUT2D eigenvalue weighted by molar-refractivity contribution is 4.99. The summed E-state index contributed by atoms with van der Waals surface area (Å²) in [5, 5.41) is 6.85. The molecule has 3 heteroatoms. The molecule has 3 nitrogen and oxygen atoms in total. The Morgan fingerprint density at radius 2 is 1.83 bits per heavy atom. The third-order valence-corrected chi connectivity index (χ3v) is 3.72. The van der Waals surface area contributed by atoms with Crippen LogP contribution in [0.5, 0.6) is 0 Å². The molecule has 3 fully saturated rings. The van der Waals surface area contributed by atoms with Crippen LogP contribution in [0.15, 0.2) is 0 Å². The lowest BCUT2D eigenvalue weighted by Crippen LogP contribution is -2.59. The van der Waals surface area contributed by atoms with Gasteiger partial charge in [0.25, 0.3) is 0 Å². The van der Waals surface area contributed by atoms with Crippen molar-refractivity contribution in [2.75, 3.05) is 32.7 Å². The van der Waals surface area contributed by atoms with E-state index in [1.54, 1.807) is 0 Å². The van der Waals surface area contributed by atoms with Gasteiger partial charge in [-0.2, -0.15) is 0 Å². The Labute approximate surface area is 73.5 Å². The smallest absolute Gasteiger partial charge is 0.0348 e. The number of rotatable bonds is 1. The molecular weight excluding hydrogens is 150 g/mol. The molecule has 0 unspecified atom stereocenters. The number of nitrogens with zero attached hydrogens (tertiary/aromatic N) is 1. The summed E-state index contributed by atoms with van der Waals surface area (Å²) in [7, 11) is 0. The Balaban J connectivity index is 1.70. The lowest BCUT2D eigenvalue weighted by Gasteiger charge is -2.38. The standard InChI is InChI=1S/C9H17N3/c1-2-12(8-4-11-5-8)9-6-10-3-7(1)9/h7-11H,1-6H2/t7-,9+/m0/s1. The zero-order chi connectivity index (χ0) is 7.97. The van der Waals surface area contributed by atoms with Crippen LogP contribution in [-0.4, -0.2) is 49.7 Å². The molecule has 0 aromatic heterocycles. The van der Waals surface area contributed by atoms with E-state index in [1.165, 1.54) is 39.1 Å². The van der Waals surface area contributed by atoms with Crippen molar-refractivity contribution in [2.45, 2.75) is 18.5 Å². The largest absolute Gasteiger partial charge is 0.315 e. The van der Waals surface area contributed by atoms with Crippen molar-refractivity contribution < 1.29 is 0 Å². The first-order chi connectivity index (χ1) is 5.95. The molecule has 2 N–H and O–H groups in total. The molecule has 3 rings (SSSR count). The Morgan fingerprint density at radius 1 is 1.00 bits per heavy atom. The van der Waals surface area contributed by atoms with Crippen LogP contribution < -0.4 is 10.6 Å². The van der Waals surface area contributed by atoms with Crippen LogP contribution in [0.2, 0.25) is 0 Å². The van der Waals surface area contributed by atoms with Gasteiger partial charge in [-0.1, -0.05) is 0 Å². The van der Waals surface area contributed by atoms with Crippen molar-refractivity contribution in [1.29, 1.82) is 0 Å². The zero-order valence-electron chi connectivity index (χ0n) is 7.42.